The minimum atomic E-state index is -1.07. The zero-order valence-electron chi connectivity index (χ0n) is 13.4. The molecule has 132 valence electrons. The van der Waals surface area contributed by atoms with Crippen LogP contribution < -0.4 is 0 Å². The number of amides is 1. The first kappa shape index (κ1) is 17.1. The number of aromatic nitrogens is 1. The summed E-state index contributed by atoms with van der Waals surface area (Å²) in [5.41, 5.74) is 0.698. The minimum absolute atomic E-state index is 0.0422. The molecule has 0 bridgehead atoms. The van der Waals surface area contributed by atoms with Crippen molar-refractivity contribution in [3.05, 3.63) is 42.2 Å². The van der Waals surface area contributed by atoms with Crippen LogP contribution in [-0.4, -0.2) is 52.7 Å². The summed E-state index contributed by atoms with van der Waals surface area (Å²) in [6.07, 6.45) is 1.01. The molecule has 7 nitrogen and oxygen atoms in total. The van der Waals surface area contributed by atoms with Crippen LogP contribution in [0.5, 0.6) is 0 Å². The number of oxazole rings is 1. The van der Waals surface area contributed by atoms with Crippen molar-refractivity contribution in [2.75, 3.05) is 19.7 Å². The van der Waals surface area contributed by atoms with Gasteiger partial charge in [0.25, 0.3) is 0 Å². The Bertz CT molecular complexity index is 759. The standard InChI is InChI=1S/C17H17FN2O5/c18-12-3-1-11(2-4-12)13-9-19-15(25-13)5-6-16(21)20-7-8-24-14(10-20)17(22)23/h1-4,9,14H,5-8,10H2,(H,22,23). The van der Waals surface area contributed by atoms with Crippen molar-refractivity contribution >= 4 is 11.9 Å². The van der Waals surface area contributed by atoms with Crippen LogP contribution >= 0.6 is 0 Å². The summed E-state index contributed by atoms with van der Waals surface area (Å²) in [6, 6.07) is 5.84. The normalized spacial score (nSPS) is 17.5. The van der Waals surface area contributed by atoms with E-state index >= 15 is 0 Å². The Labute approximate surface area is 143 Å². The summed E-state index contributed by atoms with van der Waals surface area (Å²) < 4.78 is 23.6. The lowest BCUT2D eigenvalue weighted by atomic mass is 10.2. The van der Waals surface area contributed by atoms with Crippen molar-refractivity contribution in [2.24, 2.45) is 0 Å². The fourth-order valence-electron chi connectivity index (χ4n) is 2.57. The first-order valence-electron chi connectivity index (χ1n) is 7.86. The third kappa shape index (κ3) is 4.21. The second-order valence-corrected chi connectivity index (χ2v) is 5.66. The molecule has 8 heteroatoms. The van der Waals surface area contributed by atoms with Gasteiger partial charge in [-0.05, 0) is 24.3 Å². The van der Waals surface area contributed by atoms with E-state index in [1.54, 1.807) is 12.1 Å². The molecule has 1 N–H and O–H groups in total. The van der Waals surface area contributed by atoms with Crippen LogP contribution in [0.15, 0.2) is 34.9 Å². The van der Waals surface area contributed by atoms with Crippen LogP contribution in [0.3, 0.4) is 0 Å². The number of carbonyl (C=O) groups excluding carboxylic acids is 1. The monoisotopic (exact) mass is 348 g/mol. The summed E-state index contributed by atoms with van der Waals surface area (Å²) in [7, 11) is 0. The van der Waals surface area contributed by atoms with Crippen molar-refractivity contribution < 1.29 is 28.2 Å². The van der Waals surface area contributed by atoms with E-state index in [2.05, 4.69) is 4.98 Å². The molecule has 25 heavy (non-hydrogen) atoms. The predicted molar refractivity (Wildman–Crippen MR) is 84.2 cm³/mol. The van der Waals surface area contributed by atoms with Gasteiger partial charge in [-0.2, -0.15) is 0 Å². The summed E-state index contributed by atoms with van der Waals surface area (Å²) >= 11 is 0. The van der Waals surface area contributed by atoms with Crippen LogP contribution in [0, 0.1) is 5.82 Å². The minimum Gasteiger partial charge on any atom is -0.479 e. The van der Waals surface area contributed by atoms with Gasteiger partial charge in [0.05, 0.1) is 19.3 Å². The summed E-state index contributed by atoms with van der Waals surface area (Å²) in [4.78, 5) is 28.8. The quantitative estimate of drug-likeness (QED) is 0.884. The highest BCUT2D eigenvalue weighted by Crippen LogP contribution is 2.21. The molecule has 3 rings (SSSR count). The topological polar surface area (TPSA) is 92.9 Å². The number of hydrogen-bond donors (Lipinski definition) is 1. The average Bonchev–Trinajstić information content (AvgIpc) is 3.09. The molecule has 0 radical (unpaired) electrons. The summed E-state index contributed by atoms with van der Waals surface area (Å²) in [5.74, 6) is -0.681. The molecule has 1 atom stereocenters. The maximum atomic E-state index is 12.9. The Morgan fingerprint density at radius 3 is 2.80 bits per heavy atom. The van der Waals surface area contributed by atoms with Crippen LogP contribution in [0.25, 0.3) is 11.3 Å². The Kier molecular flexibility index (Phi) is 5.08. The smallest absolute Gasteiger partial charge is 0.334 e. The van der Waals surface area contributed by atoms with Crippen LogP contribution in [-0.2, 0) is 20.7 Å². The third-order valence-electron chi connectivity index (χ3n) is 3.93. The lowest BCUT2D eigenvalue weighted by Crippen LogP contribution is -2.48. The van der Waals surface area contributed by atoms with Gasteiger partial charge in [0.2, 0.25) is 5.91 Å². The summed E-state index contributed by atoms with van der Waals surface area (Å²) in [5, 5.41) is 8.96. The maximum Gasteiger partial charge on any atom is 0.334 e. The lowest BCUT2D eigenvalue weighted by molar-refractivity contribution is -0.159. The van der Waals surface area contributed by atoms with Gasteiger partial charge < -0.3 is 19.2 Å². The van der Waals surface area contributed by atoms with E-state index in [0.29, 0.717) is 30.2 Å². The molecule has 1 aromatic heterocycles. The van der Waals surface area contributed by atoms with E-state index in [1.165, 1.54) is 23.2 Å². The molecule has 2 heterocycles. The number of hydrogen-bond acceptors (Lipinski definition) is 5. The van der Waals surface area contributed by atoms with E-state index in [1.807, 2.05) is 0 Å². The zero-order chi connectivity index (χ0) is 17.8. The fourth-order valence-corrected chi connectivity index (χ4v) is 2.57. The van der Waals surface area contributed by atoms with Crippen LogP contribution in [0.4, 0.5) is 4.39 Å². The molecule has 1 aliphatic rings. The number of carbonyl (C=O) groups is 2. The Morgan fingerprint density at radius 2 is 2.08 bits per heavy atom. The molecule has 0 spiro atoms. The number of carboxylic acid groups (broad SMARTS) is 1. The van der Waals surface area contributed by atoms with Gasteiger partial charge in [-0.3, -0.25) is 4.79 Å². The third-order valence-corrected chi connectivity index (χ3v) is 3.93. The first-order valence-corrected chi connectivity index (χ1v) is 7.86. The van der Waals surface area contributed by atoms with Crippen LogP contribution in [0.2, 0.25) is 0 Å². The molecule has 1 aromatic carbocycles. The molecule has 1 fully saturated rings. The average molecular weight is 348 g/mol. The van der Waals surface area contributed by atoms with E-state index in [4.69, 9.17) is 14.3 Å². The van der Waals surface area contributed by atoms with Crippen molar-refractivity contribution in [3.8, 4) is 11.3 Å². The van der Waals surface area contributed by atoms with E-state index in [0.717, 1.165) is 0 Å². The molecule has 1 aliphatic heterocycles. The first-order chi connectivity index (χ1) is 12.0. The van der Waals surface area contributed by atoms with Gasteiger partial charge in [-0.15, -0.1) is 0 Å². The number of ether oxygens (including phenoxy) is 1. The van der Waals surface area contributed by atoms with Crippen LogP contribution in [0.1, 0.15) is 12.3 Å². The Balaban J connectivity index is 1.56. The number of aliphatic carboxylic acids is 1. The number of rotatable bonds is 5. The molecular weight excluding hydrogens is 331 g/mol. The molecule has 1 amide bonds. The number of halogens is 1. The molecule has 0 saturated carbocycles. The maximum absolute atomic E-state index is 12.9. The van der Waals surface area contributed by atoms with Gasteiger partial charge in [0.1, 0.15) is 5.82 Å². The van der Waals surface area contributed by atoms with Gasteiger partial charge in [-0.1, -0.05) is 0 Å². The predicted octanol–water partition coefficient (Wildman–Crippen LogP) is 1.73. The molecule has 1 saturated heterocycles. The molecular formula is C17H17FN2O5. The van der Waals surface area contributed by atoms with E-state index in [-0.39, 0.29) is 31.3 Å². The van der Waals surface area contributed by atoms with Crippen molar-refractivity contribution in [2.45, 2.75) is 18.9 Å². The number of aryl methyl sites for hydroxylation is 1. The lowest BCUT2D eigenvalue weighted by Gasteiger charge is -2.30. The number of carboxylic acids is 1. The Morgan fingerprint density at radius 1 is 1.32 bits per heavy atom. The fraction of sp³-hybridized carbons (Fsp3) is 0.353. The zero-order valence-corrected chi connectivity index (χ0v) is 13.4. The van der Waals surface area contributed by atoms with Gasteiger partial charge in [0.15, 0.2) is 17.8 Å². The van der Waals surface area contributed by atoms with Crippen molar-refractivity contribution in [3.63, 3.8) is 0 Å². The molecule has 1 unspecified atom stereocenters. The highest BCUT2D eigenvalue weighted by molar-refractivity contribution is 5.78. The van der Waals surface area contributed by atoms with Gasteiger partial charge in [0, 0.05) is 24.9 Å². The van der Waals surface area contributed by atoms with Gasteiger partial charge >= 0.3 is 5.97 Å². The second kappa shape index (κ2) is 7.43. The molecule has 0 aliphatic carbocycles. The second-order valence-electron chi connectivity index (χ2n) is 5.66. The summed E-state index contributed by atoms with van der Waals surface area (Å²) in [6.45, 7) is 0.617. The van der Waals surface area contributed by atoms with E-state index in [9.17, 15) is 14.0 Å². The van der Waals surface area contributed by atoms with Gasteiger partial charge in [-0.25, -0.2) is 14.2 Å². The largest absolute Gasteiger partial charge is 0.479 e. The highest BCUT2D eigenvalue weighted by Gasteiger charge is 2.28. The number of nitrogens with zero attached hydrogens (tertiary/aromatic N) is 2. The SMILES string of the molecule is O=C(O)C1CN(C(=O)CCc2ncc(-c3ccc(F)cc3)o2)CCO1. The Hall–Kier alpha value is -2.74. The number of morpholine rings is 1. The van der Waals surface area contributed by atoms with Crippen molar-refractivity contribution in [1.82, 2.24) is 9.88 Å². The highest BCUT2D eigenvalue weighted by atomic mass is 19.1. The van der Waals surface area contributed by atoms with Crippen molar-refractivity contribution in [1.29, 1.82) is 0 Å². The number of benzene rings is 1. The van der Waals surface area contributed by atoms with E-state index < -0.39 is 12.1 Å². The molecule has 2 aromatic rings.